The molecule has 0 saturated carbocycles. The first-order valence-corrected chi connectivity index (χ1v) is 8.41. The lowest BCUT2D eigenvalue weighted by Crippen LogP contribution is -2.41. The van der Waals surface area contributed by atoms with Gasteiger partial charge in [-0.25, -0.2) is 9.48 Å². The molecule has 0 fully saturated rings. The minimum atomic E-state index is -4.85. The molecule has 0 aliphatic rings. The van der Waals surface area contributed by atoms with Gasteiger partial charge in [0.1, 0.15) is 6.04 Å². The van der Waals surface area contributed by atoms with Gasteiger partial charge in [-0.3, -0.25) is 4.79 Å². The number of nitrogens with one attached hydrogen (secondary N) is 1. The van der Waals surface area contributed by atoms with Gasteiger partial charge in [-0.05, 0) is 25.5 Å². The monoisotopic (exact) mass is 383 g/mol. The Morgan fingerprint density at radius 3 is 2.41 bits per heavy atom. The lowest BCUT2D eigenvalue weighted by molar-refractivity contribution is -0.143. The first-order valence-electron chi connectivity index (χ1n) is 8.41. The number of carboxylic acid groups (broad SMARTS) is 1. The van der Waals surface area contributed by atoms with E-state index in [0.717, 1.165) is 11.8 Å². The number of aryl methyl sites for hydroxylation is 1. The predicted molar refractivity (Wildman–Crippen MR) is 91.7 cm³/mol. The number of rotatable bonds is 7. The van der Waals surface area contributed by atoms with Crippen LogP contribution in [0.4, 0.5) is 13.2 Å². The summed E-state index contributed by atoms with van der Waals surface area (Å²) in [5.41, 5.74) is -0.959. The quantitative estimate of drug-likeness (QED) is 0.766. The minimum Gasteiger partial charge on any atom is -0.480 e. The molecule has 6 nitrogen and oxygen atoms in total. The third kappa shape index (κ3) is 4.87. The summed E-state index contributed by atoms with van der Waals surface area (Å²) in [6, 6.07) is 4.91. The number of halogens is 3. The van der Waals surface area contributed by atoms with Crippen LogP contribution in [0.25, 0.3) is 5.69 Å². The van der Waals surface area contributed by atoms with Gasteiger partial charge in [0.05, 0.1) is 17.4 Å². The lowest BCUT2D eigenvalue weighted by Gasteiger charge is -2.16. The van der Waals surface area contributed by atoms with Crippen molar-refractivity contribution in [3.8, 4) is 5.69 Å². The standard InChI is InChI=1S/C18H20F3N3O3/c1-3-4-5-14(17(26)27)23-16(25)13-10-22-24(15(13)18(19,20)21)12-8-6-11(2)7-9-12/h6-10,14H,3-5H2,1-2H3,(H,23,25)(H,26,27). The Morgan fingerprint density at radius 1 is 1.26 bits per heavy atom. The van der Waals surface area contributed by atoms with Gasteiger partial charge < -0.3 is 10.4 Å². The maximum absolute atomic E-state index is 13.6. The summed E-state index contributed by atoms with van der Waals surface area (Å²) in [6.07, 6.45) is -2.71. The largest absolute Gasteiger partial charge is 0.480 e. The number of aliphatic carboxylic acids is 1. The van der Waals surface area contributed by atoms with Gasteiger partial charge in [0.25, 0.3) is 5.91 Å². The summed E-state index contributed by atoms with van der Waals surface area (Å²) in [5.74, 6) is -2.42. The van der Waals surface area contributed by atoms with Crippen LogP contribution in [0.15, 0.2) is 30.5 Å². The first kappa shape index (κ1) is 20.5. The number of carbonyl (C=O) groups is 2. The summed E-state index contributed by atoms with van der Waals surface area (Å²) in [5, 5.41) is 15.0. The fraction of sp³-hybridized carbons (Fsp3) is 0.389. The molecule has 0 radical (unpaired) electrons. The third-order valence-corrected chi connectivity index (χ3v) is 4.01. The normalized spacial score (nSPS) is 12.6. The molecule has 0 aliphatic heterocycles. The number of aromatic nitrogens is 2. The average molecular weight is 383 g/mol. The van der Waals surface area contributed by atoms with E-state index in [1.807, 2.05) is 6.92 Å². The second-order valence-electron chi connectivity index (χ2n) is 6.16. The van der Waals surface area contributed by atoms with Gasteiger partial charge in [0.15, 0.2) is 5.69 Å². The minimum absolute atomic E-state index is 0.130. The zero-order valence-corrected chi connectivity index (χ0v) is 14.9. The van der Waals surface area contributed by atoms with E-state index in [1.165, 1.54) is 12.1 Å². The first-order chi connectivity index (χ1) is 12.6. The van der Waals surface area contributed by atoms with Gasteiger partial charge in [-0.2, -0.15) is 18.3 Å². The third-order valence-electron chi connectivity index (χ3n) is 4.01. The molecule has 1 amide bonds. The van der Waals surface area contributed by atoms with Crippen molar-refractivity contribution in [2.24, 2.45) is 0 Å². The zero-order valence-electron chi connectivity index (χ0n) is 14.9. The van der Waals surface area contributed by atoms with Crippen LogP contribution in [0.5, 0.6) is 0 Å². The average Bonchev–Trinajstić information content (AvgIpc) is 3.04. The second-order valence-corrected chi connectivity index (χ2v) is 6.16. The van der Waals surface area contributed by atoms with Crippen LogP contribution in [-0.4, -0.2) is 32.8 Å². The molecular weight excluding hydrogens is 363 g/mol. The highest BCUT2D eigenvalue weighted by Crippen LogP contribution is 2.33. The topological polar surface area (TPSA) is 84.2 Å². The molecule has 1 aromatic heterocycles. The van der Waals surface area contributed by atoms with Crippen molar-refractivity contribution in [2.45, 2.75) is 45.3 Å². The van der Waals surface area contributed by atoms with Gasteiger partial charge in [-0.1, -0.05) is 37.5 Å². The summed E-state index contributed by atoms with van der Waals surface area (Å²) in [6.45, 7) is 3.63. The second kappa shape index (κ2) is 8.24. The van der Waals surface area contributed by atoms with E-state index in [-0.39, 0.29) is 12.1 Å². The van der Waals surface area contributed by atoms with E-state index < -0.39 is 35.4 Å². The smallest absolute Gasteiger partial charge is 0.434 e. The lowest BCUT2D eigenvalue weighted by atomic mass is 10.1. The molecule has 0 bridgehead atoms. The molecule has 1 atom stereocenters. The van der Waals surface area contributed by atoms with E-state index in [4.69, 9.17) is 0 Å². The molecule has 0 aliphatic carbocycles. The summed E-state index contributed by atoms with van der Waals surface area (Å²) >= 11 is 0. The number of nitrogens with zero attached hydrogens (tertiary/aromatic N) is 2. The van der Waals surface area contributed by atoms with E-state index >= 15 is 0 Å². The fourth-order valence-corrected chi connectivity index (χ4v) is 2.57. The van der Waals surface area contributed by atoms with Crippen LogP contribution in [-0.2, 0) is 11.0 Å². The Balaban J connectivity index is 2.40. The number of amides is 1. The Hall–Kier alpha value is -2.84. The van der Waals surface area contributed by atoms with Crippen molar-refractivity contribution < 1.29 is 27.9 Å². The molecule has 0 saturated heterocycles. The Labute approximate surface area is 154 Å². The van der Waals surface area contributed by atoms with E-state index in [9.17, 15) is 27.9 Å². The Kier molecular flexibility index (Phi) is 6.24. The summed E-state index contributed by atoms with van der Waals surface area (Å²) in [7, 11) is 0. The fourth-order valence-electron chi connectivity index (χ4n) is 2.57. The zero-order chi connectivity index (χ0) is 20.2. The molecule has 146 valence electrons. The molecule has 2 aromatic rings. The van der Waals surface area contributed by atoms with Gasteiger partial charge in [0.2, 0.25) is 0 Å². The number of carbonyl (C=O) groups excluding carboxylic acids is 1. The number of alkyl halides is 3. The van der Waals surface area contributed by atoms with Gasteiger partial charge >= 0.3 is 12.1 Å². The molecule has 27 heavy (non-hydrogen) atoms. The highest BCUT2D eigenvalue weighted by molar-refractivity contribution is 5.97. The Morgan fingerprint density at radius 2 is 1.89 bits per heavy atom. The molecule has 0 spiro atoms. The molecule has 2 rings (SSSR count). The highest BCUT2D eigenvalue weighted by Gasteiger charge is 2.41. The molecule has 9 heteroatoms. The summed E-state index contributed by atoms with van der Waals surface area (Å²) < 4.78 is 41.5. The summed E-state index contributed by atoms with van der Waals surface area (Å²) in [4.78, 5) is 23.6. The molecule has 1 heterocycles. The van der Waals surface area contributed by atoms with E-state index in [1.54, 1.807) is 19.1 Å². The van der Waals surface area contributed by atoms with Crippen molar-refractivity contribution in [2.75, 3.05) is 0 Å². The number of carboxylic acids is 1. The highest BCUT2D eigenvalue weighted by atomic mass is 19.4. The molecular formula is C18H20F3N3O3. The van der Waals surface area contributed by atoms with Crippen LogP contribution in [0.2, 0.25) is 0 Å². The van der Waals surface area contributed by atoms with Crippen LogP contribution < -0.4 is 5.32 Å². The number of hydrogen-bond donors (Lipinski definition) is 2. The number of hydrogen-bond acceptors (Lipinski definition) is 3. The maximum atomic E-state index is 13.6. The predicted octanol–water partition coefficient (Wildman–Crippen LogP) is 3.57. The van der Waals surface area contributed by atoms with Crippen molar-refractivity contribution in [3.63, 3.8) is 0 Å². The molecule has 1 unspecified atom stereocenters. The van der Waals surface area contributed by atoms with Crippen molar-refractivity contribution in [3.05, 3.63) is 47.3 Å². The number of unbranched alkanes of at least 4 members (excludes halogenated alkanes) is 1. The van der Waals surface area contributed by atoms with E-state index in [0.29, 0.717) is 17.5 Å². The van der Waals surface area contributed by atoms with Crippen molar-refractivity contribution in [1.29, 1.82) is 0 Å². The number of benzene rings is 1. The van der Waals surface area contributed by atoms with Crippen LogP contribution >= 0.6 is 0 Å². The van der Waals surface area contributed by atoms with Crippen LogP contribution in [0.1, 0.15) is 47.8 Å². The molecule has 2 N–H and O–H groups in total. The van der Waals surface area contributed by atoms with Gasteiger partial charge in [-0.15, -0.1) is 0 Å². The SMILES string of the molecule is CCCCC(NC(=O)c1cnn(-c2ccc(C)cc2)c1C(F)(F)F)C(=O)O. The molecule has 1 aromatic carbocycles. The van der Waals surface area contributed by atoms with Crippen LogP contribution in [0, 0.1) is 6.92 Å². The van der Waals surface area contributed by atoms with Crippen molar-refractivity contribution in [1.82, 2.24) is 15.1 Å². The Bertz CT molecular complexity index is 813. The van der Waals surface area contributed by atoms with Crippen molar-refractivity contribution >= 4 is 11.9 Å². The van der Waals surface area contributed by atoms with E-state index in [2.05, 4.69) is 10.4 Å². The van der Waals surface area contributed by atoms with Gasteiger partial charge in [0, 0.05) is 0 Å². The maximum Gasteiger partial charge on any atom is 0.434 e. The van der Waals surface area contributed by atoms with Crippen LogP contribution in [0.3, 0.4) is 0 Å².